The Balaban J connectivity index is 2.63. The first kappa shape index (κ1) is 14.0. The van der Waals surface area contributed by atoms with E-state index in [2.05, 4.69) is 26.1 Å². The number of hydrogen-bond acceptors (Lipinski definition) is 2. The van der Waals surface area contributed by atoms with Crippen LogP contribution in [0, 0.1) is 18.2 Å². The molecule has 0 heterocycles. The highest BCUT2D eigenvalue weighted by Gasteiger charge is 2.23. The lowest BCUT2D eigenvalue weighted by atomic mass is 9.87. The number of benzene rings is 1. The van der Waals surface area contributed by atoms with Crippen LogP contribution in [0.2, 0.25) is 0 Å². The molecule has 3 heteroatoms. The molecule has 0 aliphatic heterocycles. The van der Waals surface area contributed by atoms with Crippen molar-refractivity contribution in [2.24, 2.45) is 5.41 Å². The Morgan fingerprint density at radius 3 is 2.47 bits per heavy atom. The summed E-state index contributed by atoms with van der Waals surface area (Å²) in [6, 6.07) is 5.09. The molecular weight excluding hydrogens is 217 g/mol. The average molecular weight is 239 g/mol. The van der Waals surface area contributed by atoms with Crippen molar-refractivity contribution in [3.8, 4) is 5.75 Å². The maximum atomic E-state index is 13.1. The summed E-state index contributed by atoms with van der Waals surface area (Å²) in [7, 11) is 1.93. The number of halogens is 1. The summed E-state index contributed by atoms with van der Waals surface area (Å²) in [4.78, 5) is 0. The highest BCUT2D eigenvalue weighted by Crippen LogP contribution is 2.21. The minimum Gasteiger partial charge on any atom is -0.492 e. The van der Waals surface area contributed by atoms with Crippen LogP contribution in [0.4, 0.5) is 4.39 Å². The molecule has 0 bridgehead atoms. The van der Waals surface area contributed by atoms with E-state index in [0.717, 1.165) is 0 Å². The number of ether oxygens (including phenoxy) is 1. The summed E-state index contributed by atoms with van der Waals surface area (Å²) < 4.78 is 18.8. The average Bonchev–Trinajstić information content (AvgIpc) is 2.22. The lowest BCUT2D eigenvalue weighted by molar-refractivity contribution is 0.181. The number of nitrogens with one attached hydrogen (secondary N) is 1. The molecule has 1 aromatic carbocycles. The van der Waals surface area contributed by atoms with Gasteiger partial charge in [0, 0.05) is 6.04 Å². The van der Waals surface area contributed by atoms with Crippen molar-refractivity contribution in [3.63, 3.8) is 0 Å². The van der Waals surface area contributed by atoms with Crippen LogP contribution in [0.25, 0.3) is 0 Å². The molecule has 0 fully saturated rings. The summed E-state index contributed by atoms with van der Waals surface area (Å²) in [5.41, 5.74) is 0.739. The van der Waals surface area contributed by atoms with Crippen molar-refractivity contribution < 1.29 is 9.13 Å². The molecular formula is C14H22FNO. The Morgan fingerprint density at radius 1 is 1.35 bits per heavy atom. The second-order valence-electron chi connectivity index (χ2n) is 5.43. The molecule has 1 rings (SSSR count). The SMILES string of the molecule is CNC(COc1ccc(F)c(C)c1)C(C)(C)C. The first-order valence-electron chi connectivity index (χ1n) is 5.91. The van der Waals surface area contributed by atoms with Gasteiger partial charge in [0.1, 0.15) is 18.2 Å². The molecule has 2 nitrogen and oxygen atoms in total. The second-order valence-corrected chi connectivity index (χ2v) is 5.43. The van der Waals surface area contributed by atoms with Gasteiger partial charge in [-0.15, -0.1) is 0 Å². The summed E-state index contributed by atoms with van der Waals surface area (Å²) in [6.07, 6.45) is 0. The maximum absolute atomic E-state index is 13.1. The van der Waals surface area contributed by atoms with Crippen molar-refractivity contribution in [2.75, 3.05) is 13.7 Å². The summed E-state index contributed by atoms with van der Waals surface area (Å²) in [6.45, 7) is 8.79. The first-order valence-corrected chi connectivity index (χ1v) is 5.91. The fourth-order valence-electron chi connectivity index (χ4n) is 1.65. The van der Waals surface area contributed by atoms with E-state index in [4.69, 9.17) is 4.74 Å². The lowest BCUT2D eigenvalue weighted by Crippen LogP contribution is -2.42. The van der Waals surface area contributed by atoms with Crippen LogP contribution in [-0.2, 0) is 0 Å². The summed E-state index contributed by atoms with van der Waals surface area (Å²) >= 11 is 0. The number of likely N-dealkylation sites (N-methyl/N-ethyl adjacent to an activating group) is 1. The largest absolute Gasteiger partial charge is 0.492 e. The molecule has 96 valence electrons. The van der Waals surface area contributed by atoms with Crippen LogP contribution in [0.5, 0.6) is 5.75 Å². The predicted molar refractivity (Wildman–Crippen MR) is 68.9 cm³/mol. The number of aryl methyl sites for hydroxylation is 1. The fourth-order valence-corrected chi connectivity index (χ4v) is 1.65. The zero-order chi connectivity index (χ0) is 13.1. The van der Waals surface area contributed by atoms with E-state index in [9.17, 15) is 4.39 Å². The topological polar surface area (TPSA) is 21.3 Å². The highest BCUT2D eigenvalue weighted by molar-refractivity contribution is 5.28. The minimum absolute atomic E-state index is 0.129. The van der Waals surface area contributed by atoms with Crippen LogP contribution in [-0.4, -0.2) is 19.7 Å². The van der Waals surface area contributed by atoms with E-state index in [1.54, 1.807) is 19.1 Å². The number of rotatable bonds is 4. The van der Waals surface area contributed by atoms with Crippen molar-refractivity contribution in [1.29, 1.82) is 0 Å². The van der Waals surface area contributed by atoms with Gasteiger partial charge in [-0.05, 0) is 43.1 Å². The van der Waals surface area contributed by atoms with Crippen molar-refractivity contribution >= 4 is 0 Å². The van der Waals surface area contributed by atoms with Crippen LogP contribution < -0.4 is 10.1 Å². The maximum Gasteiger partial charge on any atom is 0.126 e. The third-order valence-electron chi connectivity index (χ3n) is 2.94. The molecule has 0 saturated heterocycles. The zero-order valence-electron chi connectivity index (χ0n) is 11.3. The molecule has 1 N–H and O–H groups in total. The molecule has 1 aromatic rings. The molecule has 0 amide bonds. The Kier molecular flexibility index (Phi) is 4.52. The van der Waals surface area contributed by atoms with Gasteiger partial charge < -0.3 is 10.1 Å². The second kappa shape index (κ2) is 5.50. The van der Waals surface area contributed by atoms with Gasteiger partial charge in [0.05, 0.1) is 0 Å². The smallest absolute Gasteiger partial charge is 0.126 e. The first-order chi connectivity index (χ1) is 7.84. The van der Waals surface area contributed by atoms with Gasteiger partial charge in [-0.1, -0.05) is 20.8 Å². The molecule has 0 aromatic heterocycles. The van der Waals surface area contributed by atoms with Gasteiger partial charge in [-0.3, -0.25) is 0 Å². The van der Waals surface area contributed by atoms with Gasteiger partial charge in [-0.2, -0.15) is 0 Å². The third kappa shape index (κ3) is 4.00. The quantitative estimate of drug-likeness (QED) is 0.871. The van der Waals surface area contributed by atoms with Gasteiger partial charge in [-0.25, -0.2) is 4.39 Å². The molecule has 17 heavy (non-hydrogen) atoms. The highest BCUT2D eigenvalue weighted by atomic mass is 19.1. The Morgan fingerprint density at radius 2 is 2.00 bits per heavy atom. The lowest BCUT2D eigenvalue weighted by Gasteiger charge is -2.30. The number of hydrogen-bond donors (Lipinski definition) is 1. The van der Waals surface area contributed by atoms with Gasteiger partial charge >= 0.3 is 0 Å². The molecule has 0 aliphatic rings. The molecule has 0 spiro atoms. The molecule has 1 unspecified atom stereocenters. The van der Waals surface area contributed by atoms with Crippen molar-refractivity contribution in [1.82, 2.24) is 5.32 Å². The fraction of sp³-hybridized carbons (Fsp3) is 0.571. The monoisotopic (exact) mass is 239 g/mol. The van der Waals surface area contributed by atoms with Crippen LogP contribution >= 0.6 is 0 Å². The standard InChI is InChI=1S/C14H22FNO/c1-10-8-11(6-7-12(10)15)17-9-13(16-5)14(2,3)4/h6-8,13,16H,9H2,1-5H3. The van der Waals surface area contributed by atoms with Gasteiger partial charge in [0.2, 0.25) is 0 Å². The van der Waals surface area contributed by atoms with E-state index in [1.807, 2.05) is 7.05 Å². The van der Waals surface area contributed by atoms with Crippen molar-refractivity contribution in [3.05, 3.63) is 29.6 Å². The molecule has 1 atom stereocenters. The van der Waals surface area contributed by atoms with Gasteiger partial charge in [0.15, 0.2) is 0 Å². The van der Waals surface area contributed by atoms with Crippen LogP contribution in [0.1, 0.15) is 26.3 Å². The van der Waals surface area contributed by atoms with E-state index in [-0.39, 0.29) is 17.3 Å². The predicted octanol–water partition coefficient (Wildman–Crippen LogP) is 3.15. The summed E-state index contributed by atoms with van der Waals surface area (Å²) in [5, 5.41) is 3.24. The Labute approximate surface area is 103 Å². The molecule has 0 radical (unpaired) electrons. The van der Waals surface area contributed by atoms with Gasteiger partial charge in [0.25, 0.3) is 0 Å². The molecule has 0 saturated carbocycles. The van der Waals surface area contributed by atoms with E-state index in [1.165, 1.54) is 6.07 Å². The van der Waals surface area contributed by atoms with E-state index >= 15 is 0 Å². The Bertz CT molecular complexity index is 371. The van der Waals surface area contributed by atoms with E-state index in [0.29, 0.717) is 17.9 Å². The zero-order valence-corrected chi connectivity index (χ0v) is 11.3. The summed E-state index contributed by atoms with van der Waals surface area (Å²) in [5.74, 6) is 0.520. The Hall–Kier alpha value is -1.09. The minimum atomic E-state index is -0.196. The van der Waals surface area contributed by atoms with E-state index < -0.39 is 0 Å². The molecule has 0 aliphatic carbocycles. The van der Waals surface area contributed by atoms with Crippen molar-refractivity contribution in [2.45, 2.75) is 33.7 Å². The normalized spacial score (nSPS) is 13.5. The third-order valence-corrected chi connectivity index (χ3v) is 2.94. The van der Waals surface area contributed by atoms with Crippen LogP contribution in [0.3, 0.4) is 0 Å². The van der Waals surface area contributed by atoms with Crippen LogP contribution in [0.15, 0.2) is 18.2 Å².